The van der Waals surface area contributed by atoms with E-state index < -0.39 is 10.0 Å². The van der Waals surface area contributed by atoms with Gasteiger partial charge in [-0.25, -0.2) is 13.1 Å². The van der Waals surface area contributed by atoms with Gasteiger partial charge >= 0.3 is 0 Å². The molecule has 122 valence electrons. The minimum Gasteiger partial charge on any atom is -0.447 e. The van der Waals surface area contributed by atoms with Gasteiger partial charge in [0.05, 0.1) is 19.8 Å². The molecule has 1 rings (SSSR count). The second-order valence-corrected chi connectivity index (χ2v) is 6.54. The maximum atomic E-state index is 12.0. The lowest BCUT2D eigenvalue weighted by molar-refractivity contribution is 0.0913. The zero-order chi connectivity index (χ0) is 15.7. The number of sulfonamides is 1. The van der Waals surface area contributed by atoms with Crippen LogP contribution in [0, 0.1) is 0 Å². The van der Waals surface area contributed by atoms with E-state index in [0.29, 0.717) is 31.4 Å². The number of aliphatic hydroxyl groups is 1. The average Bonchev–Trinajstić information content (AvgIpc) is 2.90. The fraction of sp³-hybridized carbons (Fsp3) is 0.692. The maximum Gasteiger partial charge on any atom is 0.273 e. The van der Waals surface area contributed by atoms with Crippen LogP contribution in [0.5, 0.6) is 0 Å². The lowest BCUT2D eigenvalue weighted by Crippen LogP contribution is -2.25. The van der Waals surface area contributed by atoms with Crippen molar-refractivity contribution in [2.24, 2.45) is 0 Å². The first kappa shape index (κ1) is 18.1. The van der Waals surface area contributed by atoms with Gasteiger partial charge in [0.15, 0.2) is 0 Å². The largest absolute Gasteiger partial charge is 0.447 e. The van der Waals surface area contributed by atoms with Gasteiger partial charge in [0.25, 0.3) is 10.0 Å². The third-order valence-electron chi connectivity index (χ3n) is 2.58. The van der Waals surface area contributed by atoms with Crippen LogP contribution in [0.4, 0.5) is 0 Å². The summed E-state index contributed by atoms with van der Waals surface area (Å²) in [5, 5.41) is 11.6. The predicted octanol–water partition coefficient (Wildman–Crippen LogP) is 0.455. The van der Waals surface area contributed by atoms with Gasteiger partial charge in [-0.2, -0.15) is 0 Å². The summed E-state index contributed by atoms with van der Waals surface area (Å²) in [6.07, 6.45) is 0.529. The predicted molar refractivity (Wildman–Crippen MR) is 78.4 cm³/mol. The zero-order valence-electron chi connectivity index (χ0n) is 12.5. The molecule has 0 aliphatic carbocycles. The molecule has 0 amide bonds. The molecule has 0 spiro atoms. The fourth-order valence-corrected chi connectivity index (χ4v) is 2.54. The number of nitrogens with one attached hydrogen (secondary N) is 2. The highest BCUT2D eigenvalue weighted by atomic mass is 32.2. The maximum absolute atomic E-state index is 12.0. The van der Waals surface area contributed by atoms with Crippen molar-refractivity contribution in [3.8, 4) is 0 Å². The topological polar surface area (TPSA) is 101 Å². The smallest absolute Gasteiger partial charge is 0.273 e. The molecule has 1 aromatic heterocycles. The van der Waals surface area contributed by atoms with Crippen LogP contribution in [0.2, 0.25) is 0 Å². The molecule has 0 aliphatic heterocycles. The van der Waals surface area contributed by atoms with E-state index in [-0.39, 0.29) is 24.9 Å². The fourth-order valence-electron chi connectivity index (χ4n) is 1.52. The molecule has 1 heterocycles. The Morgan fingerprint density at radius 2 is 2.10 bits per heavy atom. The molecule has 7 nitrogen and oxygen atoms in total. The Hall–Kier alpha value is -0.930. The third-order valence-corrected chi connectivity index (χ3v) is 3.91. The Bertz CT molecular complexity index is 498. The highest BCUT2D eigenvalue weighted by Crippen LogP contribution is 2.13. The molecule has 0 atom stereocenters. The second kappa shape index (κ2) is 9.16. The van der Waals surface area contributed by atoms with Gasteiger partial charge in [-0.15, -0.1) is 0 Å². The van der Waals surface area contributed by atoms with Gasteiger partial charge in [0, 0.05) is 19.2 Å². The summed E-state index contributed by atoms with van der Waals surface area (Å²) in [6.45, 7) is 5.37. The van der Waals surface area contributed by atoms with Gasteiger partial charge in [-0.1, -0.05) is 13.8 Å². The van der Waals surface area contributed by atoms with Crippen molar-refractivity contribution < 1.29 is 22.7 Å². The van der Waals surface area contributed by atoms with Crippen molar-refractivity contribution in [1.29, 1.82) is 0 Å². The number of ether oxygens (including phenoxy) is 1. The quantitative estimate of drug-likeness (QED) is 0.512. The van der Waals surface area contributed by atoms with Crippen molar-refractivity contribution in [2.45, 2.75) is 37.9 Å². The Labute approximate surface area is 125 Å². The first-order chi connectivity index (χ1) is 9.95. The van der Waals surface area contributed by atoms with Crippen LogP contribution in [-0.2, 0) is 21.3 Å². The Balaban J connectivity index is 2.40. The van der Waals surface area contributed by atoms with Crippen LogP contribution in [0.3, 0.4) is 0 Å². The van der Waals surface area contributed by atoms with E-state index in [1.807, 2.05) is 13.8 Å². The summed E-state index contributed by atoms with van der Waals surface area (Å²) >= 11 is 0. The molecule has 1 aromatic rings. The van der Waals surface area contributed by atoms with Gasteiger partial charge in [0.1, 0.15) is 5.76 Å². The van der Waals surface area contributed by atoms with Crippen molar-refractivity contribution in [3.05, 3.63) is 17.9 Å². The molecule has 8 heteroatoms. The van der Waals surface area contributed by atoms with Gasteiger partial charge in [-0.3, -0.25) is 0 Å². The molecule has 0 bridgehead atoms. The molecule has 3 N–H and O–H groups in total. The molecular weight excluding hydrogens is 296 g/mol. The van der Waals surface area contributed by atoms with Crippen LogP contribution in [0.1, 0.15) is 26.0 Å². The summed E-state index contributed by atoms with van der Waals surface area (Å²) in [5.41, 5.74) is 0. The summed E-state index contributed by atoms with van der Waals surface area (Å²) < 4.78 is 36.7. The van der Waals surface area contributed by atoms with E-state index in [0.717, 1.165) is 0 Å². The van der Waals surface area contributed by atoms with E-state index in [9.17, 15) is 8.42 Å². The van der Waals surface area contributed by atoms with Crippen molar-refractivity contribution in [2.75, 3.05) is 26.4 Å². The highest BCUT2D eigenvalue weighted by Gasteiger charge is 2.18. The summed E-state index contributed by atoms with van der Waals surface area (Å²) in [6, 6.07) is 3.39. The summed E-state index contributed by atoms with van der Waals surface area (Å²) in [7, 11) is -3.62. The third kappa shape index (κ3) is 7.05. The number of furan rings is 1. The second-order valence-electron chi connectivity index (χ2n) is 4.84. The molecule has 21 heavy (non-hydrogen) atoms. The zero-order valence-corrected chi connectivity index (χ0v) is 13.3. The SMILES string of the molecule is CC(C)NCc1ccc(S(=O)(=O)NCCCOCCO)o1. The van der Waals surface area contributed by atoms with Crippen LogP contribution in [0.15, 0.2) is 21.6 Å². The minimum atomic E-state index is -3.62. The molecule has 0 unspecified atom stereocenters. The summed E-state index contributed by atoms with van der Waals surface area (Å²) in [4.78, 5) is 0. The minimum absolute atomic E-state index is 0.0364. The van der Waals surface area contributed by atoms with E-state index in [1.54, 1.807) is 6.07 Å². The number of aliphatic hydroxyl groups excluding tert-OH is 1. The molecular formula is C13H24N2O5S. The van der Waals surface area contributed by atoms with Gasteiger partial charge in [-0.05, 0) is 18.6 Å². The number of hydrogen-bond acceptors (Lipinski definition) is 6. The van der Waals surface area contributed by atoms with E-state index >= 15 is 0 Å². The Morgan fingerprint density at radius 1 is 1.33 bits per heavy atom. The van der Waals surface area contributed by atoms with Crippen molar-refractivity contribution >= 4 is 10.0 Å². The number of rotatable bonds is 11. The number of hydrogen-bond donors (Lipinski definition) is 3. The van der Waals surface area contributed by atoms with Crippen molar-refractivity contribution in [3.63, 3.8) is 0 Å². The Kier molecular flexibility index (Phi) is 7.91. The lowest BCUT2D eigenvalue weighted by Gasteiger charge is -2.06. The van der Waals surface area contributed by atoms with Gasteiger partial charge < -0.3 is 19.6 Å². The molecule has 0 saturated carbocycles. The molecule has 0 fully saturated rings. The molecule has 0 aromatic carbocycles. The first-order valence-corrected chi connectivity index (χ1v) is 8.44. The van der Waals surface area contributed by atoms with E-state index in [2.05, 4.69) is 10.0 Å². The first-order valence-electron chi connectivity index (χ1n) is 6.96. The normalized spacial score (nSPS) is 12.2. The Morgan fingerprint density at radius 3 is 2.76 bits per heavy atom. The van der Waals surface area contributed by atoms with E-state index in [1.165, 1.54) is 6.07 Å². The highest BCUT2D eigenvalue weighted by molar-refractivity contribution is 7.89. The average molecular weight is 320 g/mol. The van der Waals surface area contributed by atoms with Crippen LogP contribution in [-0.4, -0.2) is 45.9 Å². The summed E-state index contributed by atoms with van der Waals surface area (Å²) in [5.74, 6) is 0.579. The van der Waals surface area contributed by atoms with Crippen LogP contribution < -0.4 is 10.0 Å². The van der Waals surface area contributed by atoms with Gasteiger partial charge in [0.2, 0.25) is 5.09 Å². The monoisotopic (exact) mass is 320 g/mol. The molecule has 0 radical (unpaired) electrons. The van der Waals surface area contributed by atoms with E-state index in [4.69, 9.17) is 14.3 Å². The molecule has 0 aliphatic rings. The van der Waals surface area contributed by atoms with Crippen LogP contribution in [0.25, 0.3) is 0 Å². The van der Waals surface area contributed by atoms with Crippen molar-refractivity contribution in [1.82, 2.24) is 10.0 Å². The van der Waals surface area contributed by atoms with Crippen LogP contribution >= 0.6 is 0 Å². The standard InChI is InChI=1S/C13H24N2O5S/c1-11(2)14-10-12-4-5-13(20-12)21(17,18)15-6-3-8-19-9-7-16/h4-5,11,14-16H,3,6-10H2,1-2H3. The lowest BCUT2D eigenvalue weighted by atomic mass is 10.3. The molecule has 0 saturated heterocycles.